The van der Waals surface area contributed by atoms with E-state index in [0.717, 1.165) is 21.7 Å². The Labute approximate surface area is 111 Å². The fourth-order valence-electron chi connectivity index (χ4n) is 1.65. The lowest BCUT2D eigenvalue weighted by molar-refractivity contribution is 0.778. The Balaban J connectivity index is 2.20. The molecule has 1 aromatic heterocycles. The highest BCUT2D eigenvalue weighted by molar-refractivity contribution is 7.99. The Kier molecular flexibility index (Phi) is 4.63. The van der Waals surface area contributed by atoms with Gasteiger partial charge in [0.2, 0.25) is 5.28 Å². The molecule has 2 rings (SSSR count). The molecule has 0 unspecified atom stereocenters. The third-order valence-electron chi connectivity index (χ3n) is 2.53. The normalized spacial score (nSPS) is 10.9. The molecule has 2 nitrogen and oxygen atoms in total. The molecule has 0 aliphatic carbocycles. The van der Waals surface area contributed by atoms with E-state index in [2.05, 4.69) is 16.9 Å². The SMILES string of the molecule is CCCCCSc1nc(Cl)nc2ccccc12. The molecule has 2 aromatic rings. The number of thioether (sulfide) groups is 1. The van der Waals surface area contributed by atoms with Crippen molar-refractivity contribution in [3.8, 4) is 0 Å². The van der Waals surface area contributed by atoms with E-state index >= 15 is 0 Å². The molecule has 0 saturated heterocycles. The van der Waals surface area contributed by atoms with E-state index in [1.165, 1.54) is 19.3 Å². The lowest BCUT2D eigenvalue weighted by Crippen LogP contribution is -1.90. The number of halogens is 1. The first-order valence-corrected chi connectivity index (χ1v) is 7.22. The molecule has 1 heterocycles. The van der Waals surface area contributed by atoms with Crippen molar-refractivity contribution in [2.24, 2.45) is 0 Å². The van der Waals surface area contributed by atoms with Gasteiger partial charge in [-0.3, -0.25) is 0 Å². The highest BCUT2D eigenvalue weighted by Crippen LogP contribution is 2.27. The summed E-state index contributed by atoms with van der Waals surface area (Å²) in [7, 11) is 0. The third-order valence-corrected chi connectivity index (χ3v) is 3.77. The van der Waals surface area contributed by atoms with E-state index in [4.69, 9.17) is 11.6 Å². The maximum absolute atomic E-state index is 5.93. The fraction of sp³-hybridized carbons (Fsp3) is 0.385. The van der Waals surface area contributed by atoms with Crippen molar-refractivity contribution >= 4 is 34.3 Å². The van der Waals surface area contributed by atoms with Crippen LogP contribution in [0.5, 0.6) is 0 Å². The molecule has 17 heavy (non-hydrogen) atoms. The minimum absolute atomic E-state index is 0.335. The van der Waals surface area contributed by atoms with Gasteiger partial charge in [0.05, 0.1) is 5.52 Å². The van der Waals surface area contributed by atoms with E-state index in [9.17, 15) is 0 Å². The van der Waals surface area contributed by atoms with E-state index in [1.807, 2.05) is 24.3 Å². The van der Waals surface area contributed by atoms with Crippen molar-refractivity contribution in [1.82, 2.24) is 9.97 Å². The summed E-state index contributed by atoms with van der Waals surface area (Å²) in [6, 6.07) is 8.00. The van der Waals surface area contributed by atoms with Crippen molar-refractivity contribution in [3.63, 3.8) is 0 Å². The summed E-state index contributed by atoms with van der Waals surface area (Å²) >= 11 is 7.70. The number of hydrogen-bond acceptors (Lipinski definition) is 3. The molecule has 0 saturated carbocycles. The minimum Gasteiger partial charge on any atom is -0.218 e. The Morgan fingerprint density at radius 3 is 2.82 bits per heavy atom. The zero-order valence-electron chi connectivity index (χ0n) is 9.82. The zero-order chi connectivity index (χ0) is 12.1. The van der Waals surface area contributed by atoms with E-state index < -0.39 is 0 Å². The van der Waals surface area contributed by atoms with Gasteiger partial charge in [0, 0.05) is 5.39 Å². The van der Waals surface area contributed by atoms with E-state index in [0.29, 0.717) is 5.28 Å². The number of fused-ring (bicyclic) bond motifs is 1. The summed E-state index contributed by atoms with van der Waals surface area (Å²) in [5.74, 6) is 1.09. The van der Waals surface area contributed by atoms with Gasteiger partial charge in [0.15, 0.2) is 0 Å². The molecule has 0 N–H and O–H groups in total. The molecular weight excluding hydrogens is 252 g/mol. The van der Waals surface area contributed by atoms with Crippen molar-refractivity contribution in [1.29, 1.82) is 0 Å². The highest BCUT2D eigenvalue weighted by atomic mass is 35.5. The van der Waals surface area contributed by atoms with Gasteiger partial charge in [-0.2, -0.15) is 0 Å². The molecule has 0 spiro atoms. The molecule has 0 atom stereocenters. The number of nitrogens with zero attached hydrogens (tertiary/aromatic N) is 2. The number of hydrogen-bond donors (Lipinski definition) is 0. The smallest absolute Gasteiger partial charge is 0.218 e. The molecule has 1 aromatic carbocycles. The first kappa shape index (κ1) is 12.7. The number of unbranched alkanes of at least 4 members (excludes halogenated alkanes) is 2. The van der Waals surface area contributed by atoms with Crippen LogP contribution in [0.3, 0.4) is 0 Å². The number of para-hydroxylation sites is 1. The van der Waals surface area contributed by atoms with Crippen LogP contribution >= 0.6 is 23.4 Å². The van der Waals surface area contributed by atoms with Gasteiger partial charge in [0.1, 0.15) is 5.03 Å². The maximum Gasteiger partial charge on any atom is 0.224 e. The number of aromatic nitrogens is 2. The highest BCUT2D eigenvalue weighted by Gasteiger charge is 2.06. The Hall–Kier alpha value is -0.800. The van der Waals surface area contributed by atoms with Gasteiger partial charge < -0.3 is 0 Å². The molecule has 4 heteroatoms. The Morgan fingerprint density at radius 2 is 2.00 bits per heavy atom. The van der Waals surface area contributed by atoms with Crippen molar-refractivity contribution in [3.05, 3.63) is 29.5 Å². The lowest BCUT2D eigenvalue weighted by atomic mass is 10.2. The molecule has 0 aliphatic heterocycles. The molecule has 0 fully saturated rings. The summed E-state index contributed by atoms with van der Waals surface area (Å²) < 4.78 is 0. The molecule has 0 amide bonds. The molecule has 0 bridgehead atoms. The van der Waals surface area contributed by atoms with Gasteiger partial charge >= 0.3 is 0 Å². The van der Waals surface area contributed by atoms with Crippen LogP contribution in [-0.2, 0) is 0 Å². The zero-order valence-corrected chi connectivity index (χ0v) is 11.4. The first-order chi connectivity index (χ1) is 8.31. The van der Waals surface area contributed by atoms with Gasteiger partial charge in [-0.1, -0.05) is 38.0 Å². The molecule has 0 radical (unpaired) electrons. The summed E-state index contributed by atoms with van der Waals surface area (Å²) in [5, 5.41) is 2.43. The average molecular weight is 267 g/mol. The van der Waals surface area contributed by atoms with Crippen LogP contribution in [0.2, 0.25) is 5.28 Å². The van der Waals surface area contributed by atoms with Crippen molar-refractivity contribution in [2.75, 3.05) is 5.75 Å². The third kappa shape index (κ3) is 3.33. The summed E-state index contributed by atoms with van der Waals surface area (Å²) in [5.41, 5.74) is 0.922. The minimum atomic E-state index is 0.335. The molecule has 0 aliphatic rings. The maximum atomic E-state index is 5.93. The quantitative estimate of drug-likeness (QED) is 0.343. The summed E-state index contributed by atoms with van der Waals surface area (Å²) in [6.45, 7) is 2.21. The number of benzene rings is 1. The average Bonchev–Trinajstić information content (AvgIpc) is 2.34. The van der Waals surface area contributed by atoms with E-state index in [-0.39, 0.29) is 0 Å². The molecule has 90 valence electrons. The topological polar surface area (TPSA) is 25.8 Å². The van der Waals surface area contributed by atoms with Crippen LogP contribution in [0.1, 0.15) is 26.2 Å². The lowest BCUT2D eigenvalue weighted by Gasteiger charge is -2.05. The van der Waals surface area contributed by atoms with Gasteiger partial charge in [0.25, 0.3) is 0 Å². The Bertz CT molecular complexity index is 502. The van der Waals surface area contributed by atoms with Crippen LogP contribution in [0.15, 0.2) is 29.3 Å². The number of rotatable bonds is 5. The Morgan fingerprint density at radius 1 is 1.18 bits per heavy atom. The van der Waals surface area contributed by atoms with Crippen molar-refractivity contribution in [2.45, 2.75) is 31.2 Å². The second-order valence-corrected chi connectivity index (χ2v) is 5.29. The van der Waals surface area contributed by atoms with Gasteiger partial charge in [-0.15, -0.1) is 11.8 Å². The predicted molar refractivity (Wildman–Crippen MR) is 74.8 cm³/mol. The van der Waals surface area contributed by atoms with Gasteiger partial charge in [-0.25, -0.2) is 9.97 Å². The summed E-state index contributed by atoms with van der Waals surface area (Å²) in [6.07, 6.45) is 3.73. The van der Waals surface area contributed by atoms with Gasteiger partial charge in [-0.05, 0) is 29.8 Å². The second-order valence-electron chi connectivity index (χ2n) is 3.87. The van der Waals surface area contributed by atoms with E-state index in [1.54, 1.807) is 11.8 Å². The fourth-order valence-corrected chi connectivity index (χ4v) is 2.90. The molecular formula is C13H15ClN2S. The predicted octanol–water partition coefficient (Wildman–Crippen LogP) is 4.57. The standard InChI is InChI=1S/C13H15ClN2S/c1-2-3-6-9-17-12-10-7-4-5-8-11(10)15-13(14)16-12/h4-5,7-8H,2-3,6,9H2,1H3. The van der Waals surface area contributed by atoms with Crippen LogP contribution in [0.4, 0.5) is 0 Å². The van der Waals surface area contributed by atoms with Crippen molar-refractivity contribution < 1.29 is 0 Å². The summed E-state index contributed by atoms with van der Waals surface area (Å²) in [4.78, 5) is 8.54. The van der Waals surface area contributed by atoms with Crippen LogP contribution < -0.4 is 0 Å². The first-order valence-electron chi connectivity index (χ1n) is 5.86. The largest absolute Gasteiger partial charge is 0.224 e. The monoisotopic (exact) mass is 266 g/mol. The van der Waals surface area contributed by atoms with Crippen LogP contribution in [-0.4, -0.2) is 15.7 Å². The van der Waals surface area contributed by atoms with Crippen LogP contribution in [0, 0.1) is 0 Å². The second kappa shape index (κ2) is 6.22. The van der Waals surface area contributed by atoms with Crippen LogP contribution in [0.25, 0.3) is 10.9 Å².